The molecule has 0 amide bonds. The molecule has 0 fully saturated rings. The van der Waals surface area contributed by atoms with E-state index in [1.54, 1.807) is 6.08 Å². The highest BCUT2D eigenvalue weighted by molar-refractivity contribution is 5.51. The molecule has 1 aromatic rings. The summed E-state index contributed by atoms with van der Waals surface area (Å²) < 4.78 is 5.10. The van der Waals surface area contributed by atoms with Crippen LogP contribution in [0, 0.1) is 6.92 Å². The quantitative estimate of drug-likeness (QED) is 0.664. The van der Waals surface area contributed by atoms with Crippen LogP contribution in [0.5, 0.6) is 0 Å². The minimum absolute atomic E-state index is 0.808. The molecule has 0 N–H and O–H groups in total. The lowest BCUT2D eigenvalue weighted by Gasteiger charge is -1.89. The van der Waals surface area contributed by atoms with Crippen LogP contribution in [0.15, 0.2) is 29.0 Å². The van der Waals surface area contributed by atoms with Crippen LogP contribution in [-0.4, -0.2) is 4.98 Å². The predicted molar refractivity (Wildman–Crippen MR) is 67.8 cm³/mol. The first-order chi connectivity index (χ1) is 7.24. The molecule has 0 aliphatic rings. The van der Waals surface area contributed by atoms with E-state index in [1.165, 1.54) is 6.39 Å². The smallest absolute Gasteiger partial charge is 0.181 e. The summed E-state index contributed by atoms with van der Waals surface area (Å²) >= 11 is 0. The van der Waals surface area contributed by atoms with Crippen molar-refractivity contribution in [1.29, 1.82) is 0 Å². The molecule has 0 aliphatic carbocycles. The Kier molecular flexibility index (Phi) is 11.6. The summed E-state index contributed by atoms with van der Waals surface area (Å²) in [6.07, 6.45) is 5.13. The van der Waals surface area contributed by atoms with Crippen molar-refractivity contribution < 1.29 is 4.42 Å². The number of hydrogen-bond acceptors (Lipinski definition) is 2. The number of oxazole rings is 1. The molecule has 0 radical (unpaired) electrons. The molecule has 2 heteroatoms. The second kappa shape index (κ2) is 10.8. The van der Waals surface area contributed by atoms with Crippen molar-refractivity contribution in [2.24, 2.45) is 0 Å². The summed E-state index contributed by atoms with van der Waals surface area (Å²) in [4.78, 5) is 3.96. The van der Waals surface area contributed by atoms with Gasteiger partial charge in [0.2, 0.25) is 0 Å². The Bertz CT molecular complexity index is 284. The Labute approximate surface area is 93.7 Å². The molecule has 1 rings (SSSR count). The fourth-order valence-electron chi connectivity index (χ4n) is 0.715. The Morgan fingerprint density at radius 3 is 2.20 bits per heavy atom. The van der Waals surface area contributed by atoms with E-state index in [4.69, 9.17) is 4.42 Å². The van der Waals surface area contributed by atoms with Crippen molar-refractivity contribution in [1.82, 2.24) is 4.98 Å². The molecular weight excluding hydrogens is 186 g/mol. The predicted octanol–water partition coefficient (Wildman–Crippen LogP) is 4.62. The molecule has 0 unspecified atom stereocenters. The zero-order valence-corrected chi connectivity index (χ0v) is 10.8. The minimum atomic E-state index is 0.808. The Balaban J connectivity index is 0. The van der Waals surface area contributed by atoms with E-state index in [9.17, 15) is 0 Å². The van der Waals surface area contributed by atoms with Gasteiger partial charge in [0.05, 0.1) is 5.69 Å². The van der Waals surface area contributed by atoms with Crippen LogP contribution >= 0.6 is 0 Å². The highest BCUT2D eigenvalue weighted by Gasteiger charge is 1.97. The fraction of sp³-hybridized carbons (Fsp3) is 0.462. The summed E-state index contributed by atoms with van der Waals surface area (Å²) in [5.41, 5.74) is 1.98. The van der Waals surface area contributed by atoms with E-state index >= 15 is 0 Å². The fourth-order valence-corrected chi connectivity index (χ4v) is 0.715. The molecule has 2 nitrogen and oxygen atoms in total. The van der Waals surface area contributed by atoms with Gasteiger partial charge in [0.25, 0.3) is 0 Å². The molecule has 15 heavy (non-hydrogen) atoms. The largest absolute Gasteiger partial charge is 0.444 e. The van der Waals surface area contributed by atoms with Crippen molar-refractivity contribution in [3.63, 3.8) is 0 Å². The van der Waals surface area contributed by atoms with Gasteiger partial charge in [-0.3, -0.25) is 0 Å². The molecule has 0 spiro atoms. The van der Waals surface area contributed by atoms with Crippen LogP contribution in [0.25, 0.3) is 6.08 Å². The van der Waals surface area contributed by atoms with E-state index in [0.29, 0.717) is 0 Å². The Hall–Kier alpha value is -1.31. The van der Waals surface area contributed by atoms with Gasteiger partial charge in [-0.1, -0.05) is 40.3 Å². The van der Waals surface area contributed by atoms with Crippen LogP contribution in [0.3, 0.4) is 0 Å². The normalized spacial score (nSPS) is 9.33. The Morgan fingerprint density at radius 2 is 1.87 bits per heavy atom. The van der Waals surface area contributed by atoms with E-state index in [-0.39, 0.29) is 0 Å². The van der Waals surface area contributed by atoms with Gasteiger partial charge in [0.15, 0.2) is 6.39 Å². The van der Waals surface area contributed by atoms with E-state index in [2.05, 4.69) is 11.6 Å². The third kappa shape index (κ3) is 6.72. The van der Waals surface area contributed by atoms with E-state index in [1.807, 2.05) is 47.6 Å². The van der Waals surface area contributed by atoms with Crippen molar-refractivity contribution >= 4 is 6.08 Å². The molecule has 0 saturated heterocycles. The van der Waals surface area contributed by atoms with E-state index in [0.717, 1.165) is 17.0 Å². The molecule has 1 heterocycles. The first-order valence-electron chi connectivity index (χ1n) is 5.45. The van der Waals surface area contributed by atoms with Crippen LogP contribution in [-0.2, 0) is 0 Å². The molecule has 86 valence electrons. The zero-order valence-electron chi connectivity index (χ0n) is 10.8. The van der Waals surface area contributed by atoms with Crippen LogP contribution in [0.2, 0.25) is 0 Å². The van der Waals surface area contributed by atoms with Crippen molar-refractivity contribution in [3.05, 3.63) is 36.1 Å². The van der Waals surface area contributed by atoms with Gasteiger partial charge in [-0.05, 0) is 25.5 Å². The van der Waals surface area contributed by atoms with Crippen LogP contribution in [0.4, 0.5) is 0 Å². The molecule has 0 aromatic carbocycles. The number of aryl methyl sites for hydroxylation is 1. The first-order valence-corrected chi connectivity index (χ1v) is 5.45. The standard InChI is InChI=1S/C9H11NO.2C2H6/c1-4-7(2)5-9-8(3)10-6-11-9;2*1-2/h4-6H,1H2,2-3H3;2*1-2H3/b7-5-;;. The summed E-state index contributed by atoms with van der Waals surface area (Å²) in [6.45, 7) is 15.5. The lowest BCUT2D eigenvalue weighted by Crippen LogP contribution is -1.74. The summed E-state index contributed by atoms with van der Waals surface area (Å²) in [6, 6.07) is 0. The highest BCUT2D eigenvalue weighted by Crippen LogP contribution is 2.10. The Morgan fingerprint density at radius 1 is 1.33 bits per heavy atom. The van der Waals surface area contributed by atoms with Crippen LogP contribution < -0.4 is 0 Å². The van der Waals surface area contributed by atoms with Crippen molar-refractivity contribution in [2.45, 2.75) is 41.5 Å². The molecule has 0 bridgehead atoms. The highest BCUT2D eigenvalue weighted by atomic mass is 16.3. The van der Waals surface area contributed by atoms with Gasteiger partial charge in [-0.15, -0.1) is 0 Å². The lowest BCUT2D eigenvalue weighted by molar-refractivity contribution is 0.547. The molecule has 0 aliphatic heterocycles. The third-order valence-corrected chi connectivity index (χ3v) is 1.46. The molecule has 0 saturated carbocycles. The van der Waals surface area contributed by atoms with Gasteiger partial charge in [-0.25, -0.2) is 4.98 Å². The summed E-state index contributed by atoms with van der Waals surface area (Å²) in [7, 11) is 0. The third-order valence-electron chi connectivity index (χ3n) is 1.46. The molecular formula is C13H23NO. The number of rotatable bonds is 2. The van der Waals surface area contributed by atoms with Crippen molar-refractivity contribution in [3.8, 4) is 0 Å². The zero-order chi connectivity index (χ0) is 12.3. The first kappa shape index (κ1) is 16.1. The SMILES string of the molecule is C=C/C(C)=C\c1ocnc1C.CC.CC. The maximum absolute atomic E-state index is 5.10. The van der Waals surface area contributed by atoms with Gasteiger partial charge in [0.1, 0.15) is 5.76 Å². The maximum atomic E-state index is 5.10. The van der Waals surface area contributed by atoms with Gasteiger partial charge in [-0.2, -0.15) is 0 Å². The topological polar surface area (TPSA) is 26.0 Å². The second-order valence-electron chi connectivity index (χ2n) is 2.39. The summed E-state index contributed by atoms with van der Waals surface area (Å²) in [5, 5.41) is 0. The van der Waals surface area contributed by atoms with Crippen molar-refractivity contribution in [2.75, 3.05) is 0 Å². The average molecular weight is 209 g/mol. The monoisotopic (exact) mass is 209 g/mol. The second-order valence-corrected chi connectivity index (χ2v) is 2.39. The maximum Gasteiger partial charge on any atom is 0.181 e. The average Bonchev–Trinajstić information content (AvgIpc) is 2.70. The lowest BCUT2D eigenvalue weighted by atomic mass is 10.2. The van der Waals surface area contributed by atoms with E-state index < -0.39 is 0 Å². The molecule has 1 aromatic heterocycles. The number of nitrogens with zero attached hydrogens (tertiary/aromatic N) is 1. The molecule has 0 atom stereocenters. The minimum Gasteiger partial charge on any atom is -0.444 e. The van der Waals surface area contributed by atoms with Gasteiger partial charge >= 0.3 is 0 Å². The van der Waals surface area contributed by atoms with Gasteiger partial charge in [0, 0.05) is 0 Å². The number of hydrogen-bond donors (Lipinski definition) is 0. The van der Waals surface area contributed by atoms with Gasteiger partial charge < -0.3 is 4.42 Å². The summed E-state index contributed by atoms with van der Waals surface area (Å²) in [5.74, 6) is 0.808. The number of allylic oxidation sites excluding steroid dienone is 2. The number of aromatic nitrogens is 1. The van der Waals surface area contributed by atoms with Crippen LogP contribution in [0.1, 0.15) is 46.1 Å².